The maximum Gasteiger partial charge on any atom is 0.130 e. The van der Waals surface area contributed by atoms with Gasteiger partial charge in [-0.1, -0.05) is 32.0 Å². The van der Waals surface area contributed by atoms with Crippen molar-refractivity contribution in [2.75, 3.05) is 19.0 Å². The summed E-state index contributed by atoms with van der Waals surface area (Å²) in [5.41, 5.74) is 16.3. The van der Waals surface area contributed by atoms with Gasteiger partial charge in [-0.2, -0.15) is 0 Å². The Hall–Kier alpha value is -4.20. The highest BCUT2D eigenvalue weighted by Crippen LogP contribution is 2.26. The lowest BCUT2D eigenvalue weighted by molar-refractivity contribution is 0.377. The highest BCUT2D eigenvalue weighted by Gasteiger charge is 2.17. The molecule has 0 bridgehead atoms. The number of pyridine rings is 1. The molecule has 1 aromatic heterocycles. The third-order valence-electron chi connectivity index (χ3n) is 5.23. The molecule has 0 spiro atoms. The Morgan fingerprint density at radius 3 is 2.74 bits per heavy atom. The summed E-state index contributed by atoms with van der Waals surface area (Å²) in [6.07, 6.45) is 10.6. The molecule has 1 aromatic carbocycles. The van der Waals surface area contributed by atoms with Gasteiger partial charge in [0.1, 0.15) is 18.5 Å². The van der Waals surface area contributed by atoms with Crippen LogP contribution in [-0.2, 0) is 0 Å². The molecular formula is C26H33N7O. The minimum atomic E-state index is -0.218. The fourth-order valence-corrected chi connectivity index (χ4v) is 3.41. The smallest absolute Gasteiger partial charge is 0.130 e. The van der Waals surface area contributed by atoms with E-state index in [0.717, 1.165) is 28.3 Å². The SMILES string of the molecule is CN/C=C(\C(=N)COc1ccccc1)c1cnc2c(c1)NC(N/C(N)=C/C(=C\N)C(C)C)C=C2. The number of allylic oxidation sites excluding steroid dienone is 2. The monoisotopic (exact) mass is 459 g/mol. The fourth-order valence-electron chi connectivity index (χ4n) is 3.41. The minimum absolute atomic E-state index is 0.139. The van der Waals surface area contributed by atoms with E-state index in [0.29, 0.717) is 17.1 Å². The first-order chi connectivity index (χ1) is 16.4. The summed E-state index contributed by atoms with van der Waals surface area (Å²) in [5.74, 6) is 1.50. The number of nitrogens with two attached hydrogens (primary N) is 2. The maximum atomic E-state index is 8.58. The van der Waals surface area contributed by atoms with Gasteiger partial charge in [-0.15, -0.1) is 0 Å². The molecule has 0 saturated carbocycles. The first kappa shape index (κ1) is 24.4. The molecule has 0 amide bonds. The first-order valence-corrected chi connectivity index (χ1v) is 11.1. The number of nitrogens with one attached hydrogen (secondary N) is 4. The van der Waals surface area contributed by atoms with Crippen LogP contribution in [0.2, 0.25) is 0 Å². The Morgan fingerprint density at radius 2 is 2.06 bits per heavy atom. The van der Waals surface area contributed by atoms with E-state index in [-0.39, 0.29) is 18.7 Å². The van der Waals surface area contributed by atoms with Gasteiger partial charge in [0.15, 0.2) is 0 Å². The average Bonchev–Trinajstić information content (AvgIpc) is 2.84. The fraction of sp³-hybridized carbons (Fsp3) is 0.231. The Balaban J connectivity index is 1.74. The normalized spacial score (nSPS) is 16.0. The molecule has 0 fully saturated rings. The summed E-state index contributed by atoms with van der Waals surface area (Å²) in [6.45, 7) is 4.26. The van der Waals surface area contributed by atoms with Crippen LogP contribution in [0.3, 0.4) is 0 Å². The van der Waals surface area contributed by atoms with E-state index in [1.54, 1.807) is 25.6 Å². The van der Waals surface area contributed by atoms with Crippen molar-refractivity contribution in [3.8, 4) is 5.75 Å². The van der Waals surface area contributed by atoms with Crippen LogP contribution in [0.5, 0.6) is 5.75 Å². The third-order valence-corrected chi connectivity index (χ3v) is 5.23. The van der Waals surface area contributed by atoms with E-state index in [4.69, 9.17) is 21.6 Å². The highest BCUT2D eigenvalue weighted by atomic mass is 16.5. The van der Waals surface area contributed by atoms with Gasteiger partial charge < -0.3 is 37.6 Å². The largest absolute Gasteiger partial charge is 0.487 e. The van der Waals surface area contributed by atoms with Crippen LogP contribution in [0.25, 0.3) is 11.6 Å². The lowest BCUT2D eigenvalue weighted by atomic mass is 10.0. The van der Waals surface area contributed by atoms with E-state index in [2.05, 4.69) is 34.8 Å². The molecular weight excluding hydrogens is 426 g/mol. The highest BCUT2D eigenvalue weighted by molar-refractivity contribution is 6.23. The van der Waals surface area contributed by atoms with Crippen molar-refractivity contribution in [2.45, 2.75) is 20.0 Å². The summed E-state index contributed by atoms with van der Waals surface area (Å²) in [7, 11) is 1.80. The maximum absolute atomic E-state index is 8.58. The number of rotatable bonds is 10. The molecule has 3 rings (SSSR count). The lowest BCUT2D eigenvalue weighted by Gasteiger charge is -2.24. The van der Waals surface area contributed by atoms with Gasteiger partial charge in [0.2, 0.25) is 0 Å². The Morgan fingerprint density at radius 1 is 1.29 bits per heavy atom. The number of fused-ring (bicyclic) bond motifs is 1. The van der Waals surface area contributed by atoms with Crippen LogP contribution in [-0.4, -0.2) is 30.5 Å². The van der Waals surface area contributed by atoms with E-state index >= 15 is 0 Å². The quantitative estimate of drug-likeness (QED) is 0.237. The molecule has 1 atom stereocenters. The molecule has 1 unspecified atom stereocenters. The molecule has 0 saturated heterocycles. The van der Waals surface area contributed by atoms with Crippen LogP contribution >= 0.6 is 0 Å². The number of hydrogen-bond donors (Lipinski definition) is 6. The topological polar surface area (TPSA) is 134 Å². The summed E-state index contributed by atoms with van der Waals surface area (Å²) < 4.78 is 5.76. The molecule has 0 aliphatic carbocycles. The van der Waals surface area contributed by atoms with Crippen molar-refractivity contribution in [2.24, 2.45) is 17.4 Å². The number of para-hydroxylation sites is 1. The Labute approximate surface area is 201 Å². The zero-order valence-corrected chi connectivity index (χ0v) is 19.8. The molecule has 0 radical (unpaired) electrons. The zero-order valence-electron chi connectivity index (χ0n) is 19.8. The standard InChI is InChI=1S/C26H33N7O/c1-17(2)18(13-27)12-25(29)33-26-10-9-23-24(32-26)11-19(14-31-23)21(15-30-3)22(28)16-34-20-7-5-4-6-8-20/h4-15,17,26,28,30,32-33H,16,27,29H2,1-3H3/b18-13+,21-15-,25-12+,28-22?. The van der Waals surface area contributed by atoms with E-state index in [1.807, 2.05) is 54.6 Å². The molecule has 2 aromatic rings. The van der Waals surface area contributed by atoms with Crippen molar-refractivity contribution < 1.29 is 4.74 Å². The van der Waals surface area contributed by atoms with E-state index in [9.17, 15) is 0 Å². The van der Waals surface area contributed by atoms with Gasteiger partial charge in [-0.05, 0) is 54.1 Å². The second-order valence-corrected chi connectivity index (χ2v) is 8.13. The van der Waals surface area contributed by atoms with Crippen molar-refractivity contribution in [1.29, 1.82) is 5.41 Å². The van der Waals surface area contributed by atoms with Gasteiger partial charge in [0.25, 0.3) is 0 Å². The second-order valence-electron chi connectivity index (χ2n) is 8.13. The van der Waals surface area contributed by atoms with Gasteiger partial charge in [0, 0.05) is 30.6 Å². The molecule has 1 aliphatic rings. The molecule has 178 valence electrons. The molecule has 8 nitrogen and oxygen atoms in total. The predicted octanol–water partition coefficient (Wildman–Crippen LogP) is 3.39. The second kappa shape index (κ2) is 11.6. The van der Waals surface area contributed by atoms with Crippen LogP contribution in [0.4, 0.5) is 5.69 Å². The van der Waals surface area contributed by atoms with Gasteiger partial charge in [-0.3, -0.25) is 4.98 Å². The van der Waals surface area contributed by atoms with Crippen molar-refractivity contribution >= 4 is 23.0 Å². The predicted molar refractivity (Wildman–Crippen MR) is 140 cm³/mol. The number of anilines is 1. The van der Waals surface area contributed by atoms with Crippen LogP contribution in [0.1, 0.15) is 25.1 Å². The Kier molecular flexibility index (Phi) is 8.34. The molecule has 8 heteroatoms. The van der Waals surface area contributed by atoms with Crippen molar-refractivity contribution in [3.05, 3.63) is 89.8 Å². The van der Waals surface area contributed by atoms with Gasteiger partial charge in [-0.25, -0.2) is 0 Å². The number of ether oxygens (including phenoxy) is 1. The van der Waals surface area contributed by atoms with Gasteiger partial charge >= 0.3 is 0 Å². The molecule has 8 N–H and O–H groups in total. The van der Waals surface area contributed by atoms with Crippen LogP contribution in [0.15, 0.2) is 78.5 Å². The summed E-state index contributed by atoms with van der Waals surface area (Å²) >= 11 is 0. The minimum Gasteiger partial charge on any atom is -0.487 e. The third kappa shape index (κ3) is 6.41. The molecule has 2 heterocycles. The Bertz CT molecular complexity index is 1120. The van der Waals surface area contributed by atoms with Crippen molar-refractivity contribution in [1.82, 2.24) is 15.6 Å². The van der Waals surface area contributed by atoms with Crippen LogP contribution in [0, 0.1) is 11.3 Å². The average molecular weight is 460 g/mol. The summed E-state index contributed by atoms with van der Waals surface area (Å²) in [5, 5.41) is 18.2. The number of nitrogens with zero attached hydrogens (tertiary/aromatic N) is 1. The molecule has 1 aliphatic heterocycles. The van der Waals surface area contributed by atoms with Crippen LogP contribution < -0.4 is 32.2 Å². The zero-order chi connectivity index (χ0) is 24.5. The van der Waals surface area contributed by atoms with E-state index in [1.165, 1.54) is 0 Å². The number of aromatic nitrogens is 1. The number of benzene rings is 1. The summed E-state index contributed by atoms with van der Waals surface area (Å²) in [4.78, 5) is 4.57. The van der Waals surface area contributed by atoms with Crippen molar-refractivity contribution in [3.63, 3.8) is 0 Å². The van der Waals surface area contributed by atoms with Gasteiger partial charge in [0.05, 0.1) is 22.9 Å². The first-order valence-electron chi connectivity index (χ1n) is 11.1. The van der Waals surface area contributed by atoms with E-state index < -0.39 is 0 Å². The summed E-state index contributed by atoms with van der Waals surface area (Å²) in [6, 6.07) is 11.4. The number of hydrogen-bond acceptors (Lipinski definition) is 8. The lowest BCUT2D eigenvalue weighted by Crippen LogP contribution is -2.38. The molecule has 34 heavy (non-hydrogen) atoms.